The molecule has 2 N–H and O–H groups in total. The van der Waals surface area contributed by atoms with Crippen molar-refractivity contribution in [1.82, 2.24) is 15.6 Å². The quantitative estimate of drug-likeness (QED) is 0.195. The van der Waals surface area contributed by atoms with Crippen LogP contribution in [0.3, 0.4) is 0 Å². The topological polar surface area (TPSA) is 75.6 Å². The summed E-state index contributed by atoms with van der Waals surface area (Å²) in [7, 11) is 1.76. The summed E-state index contributed by atoms with van der Waals surface area (Å²) in [6.45, 7) is 6.96. The van der Waals surface area contributed by atoms with Crippen molar-refractivity contribution in [3.63, 3.8) is 0 Å². The second-order valence-electron chi connectivity index (χ2n) is 6.14. The number of carbonyl (C=O) groups is 1. The summed E-state index contributed by atoms with van der Waals surface area (Å²) >= 11 is 1.38. The van der Waals surface area contributed by atoms with Gasteiger partial charge in [0.05, 0.1) is 18.3 Å². The van der Waals surface area contributed by atoms with Crippen LogP contribution in [0.4, 0.5) is 0 Å². The predicted molar refractivity (Wildman–Crippen MR) is 113 cm³/mol. The first-order chi connectivity index (χ1) is 11.5. The highest BCUT2D eigenvalue weighted by molar-refractivity contribution is 14.0. The Morgan fingerprint density at radius 2 is 2.20 bits per heavy atom. The molecule has 1 atom stereocenters. The number of nitrogens with one attached hydrogen (secondary N) is 2. The first-order valence-electron chi connectivity index (χ1n) is 8.66. The summed E-state index contributed by atoms with van der Waals surface area (Å²) < 4.78 is 5.07. The number of aliphatic imine (C=N–C) groups is 1. The summed E-state index contributed by atoms with van der Waals surface area (Å²) in [5, 5.41) is 7.53. The van der Waals surface area contributed by atoms with Crippen molar-refractivity contribution >= 4 is 47.2 Å². The molecule has 0 amide bonds. The molecular weight excluding hydrogens is 451 g/mol. The summed E-state index contributed by atoms with van der Waals surface area (Å²) in [6.07, 6.45) is 5.27. The van der Waals surface area contributed by atoms with Crippen LogP contribution in [-0.2, 0) is 4.74 Å². The Labute approximate surface area is 171 Å². The van der Waals surface area contributed by atoms with Crippen molar-refractivity contribution < 1.29 is 9.53 Å². The molecule has 0 spiro atoms. The van der Waals surface area contributed by atoms with Crippen LogP contribution in [0.15, 0.2) is 4.99 Å². The number of thiazole rings is 1. The minimum Gasteiger partial charge on any atom is -0.462 e. The summed E-state index contributed by atoms with van der Waals surface area (Å²) in [5.74, 6) is 1.43. The number of halogens is 1. The zero-order valence-electron chi connectivity index (χ0n) is 15.4. The van der Waals surface area contributed by atoms with Crippen LogP contribution in [0.1, 0.15) is 65.9 Å². The van der Waals surface area contributed by atoms with E-state index in [1.165, 1.54) is 37.0 Å². The average molecular weight is 480 g/mol. The van der Waals surface area contributed by atoms with Crippen LogP contribution in [0.2, 0.25) is 0 Å². The van der Waals surface area contributed by atoms with E-state index in [9.17, 15) is 4.79 Å². The first-order valence-corrected chi connectivity index (χ1v) is 9.48. The van der Waals surface area contributed by atoms with Gasteiger partial charge in [-0.2, -0.15) is 0 Å². The number of esters is 1. The molecule has 1 aliphatic rings. The van der Waals surface area contributed by atoms with Crippen LogP contribution in [-0.4, -0.2) is 37.1 Å². The van der Waals surface area contributed by atoms with E-state index >= 15 is 0 Å². The van der Waals surface area contributed by atoms with Gasteiger partial charge < -0.3 is 15.4 Å². The molecule has 0 bridgehead atoms. The van der Waals surface area contributed by atoms with E-state index in [1.807, 2.05) is 13.8 Å². The fourth-order valence-corrected chi connectivity index (χ4v) is 3.42. The third kappa shape index (κ3) is 7.08. The van der Waals surface area contributed by atoms with E-state index in [1.54, 1.807) is 14.0 Å². The van der Waals surface area contributed by atoms with Gasteiger partial charge in [0.2, 0.25) is 0 Å². The van der Waals surface area contributed by atoms with Crippen LogP contribution < -0.4 is 10.6 Å². The zero-order valence-corrected chi connectivity index (χ0v) is 18.6. The SMILES string of the molecule is CCOC(=O)c1sc(C(C)NC(=NC)NCCCC2CC2)nc1C.I. The molecule has 1 fully saturated rings. The van der Waals surface area contributed by atoms with Crippen molar-refractivity contribution in [2.75, 3.05) is 20.2 Å². The maximum absolute atomic E-state index is 11.9. The van der Waals surface area contributed by atoms with Gasteiger partial charge in [-0.3, -0.25) is 4.99 Å². The molecule has 1 aromatic rings. The second-order valence-corrected chi connectivity index (χ2v) is 7.17. The van der Waals surface area contributed by atoms with Gasteiger partial charge >= 0.3 is 5.97 Å². The van der Waals surface area contributed by atoms with Gasteiger partial charge in [0.25, 0.3) is 0 Å². The summed E-state index contributed by atoms with van der Waals surface area (Å²) in [4.78, 5) is 21.2. The van der Waals surface area contributed by atoms with Gasteiger partial charge in [-0.25, -0.2) is 9.78 Å². The molecule has 2 rings (SSSR count). The Morgan fingerprint density at radius 3 is 2.80 bits per heavy atom. The normalized spacial score (nSPS) is 15.3. The van der Waals surface area contributed by atoms with Crippen LogP contribution in [0.5, 0.6) is 0 Å². The molecular formula is C17H29IN4O2S. The molecule has 1 aromatic heterocycles. The molecule has 0 aromatic carbocycles. The lowest BCUT2D eigenvalue weighted by atomic mass is 10.2. The highest BCUT2D eigenvalue weighted by Crippen LogP contribution is 2.33. The molecule has 8 heteroatoms. The lowest BCUT2D eigenvalue weighted by molar-refractivity contribution is 0.0531. The monoisotopic (exact) mass is 480 g/mol. The predicted octanol–water partition coefficient (Wildman–Crippen LogP) is 3.66. The average Bonchev–Trinajstić information content (AvgIpc) is 3.30. The lowest BCUT2D eigenvalue weighted by Gasteiger charge is -2.16. The number of hydrogen-bond donors (Lipinski definition) is 2. The molecule has 1 saturated carbocycles. The standard InChI is InChI=1S/C17H28N4O2S.HI/c1-5-23-16(22)14-11(2)20-15(24-14)12(3)21-17(18-4)19-10-6-7-13-8-9-13;/h12-13H,5-10H2,1-4H3,(H2,18,19,21);1H. The highest BCUT2D eigenvalue weighted by Gasteiger charge is 2.21. The Kier molecular flexibility index (Phi) is 9.70. The minimum absolute atomic E-state index is 0. The fraction of sp³-hybridized carbons (Fsp3) is 0.706. The second kappa shape index (κ2) is 10.9. The Morgan fingerprint density at radius 1 is 1.48 bits per heavy atom. The van der Waals surface area contributed by atoms with Gasteiger partial charge in [0.15, 0.2) is 5.96 Å². The number of hydrogen-bond acceptors (Lipinski definition) is 5. The molecule has 1 unspecified atom stereocenters. The van der Waals surface area contributed by atoms with Crippen LogP contribution in [0, 0.1) is 12.8 Å². The molecule has 0 saturated heterocycles. The van der Waals surface area contributed by atoms with E-state index < -0.39 is 0 Å². The van der Waals surface area contributed by atoms with Crippen molar-refractivity contribution in [2.24, 2.45) is 10.9 Å². The van der Waals surface area contributed by atoms with Gasteiger partial charge in [0.1, 0.15) is 9.88 Å². The molecule has 142 valence electrons. The van der Waals surface area contributed by atoms with Crippen molar-refractivity contribution in [1.29, 1.82) is 0 Å². The number of rotatable bonds is 8. The van der Waals surface area contributed by atoms with E-state index in [4.69, 9.17) is 4.74 Å². The van der Waals surface area contributed by atoms with Crippen LogP contribution >= 0.6 is 35.3 Å². The van der Waals surface area contributed by atoms with E-state index in [2.05, 4.69) is 20.6 Å². The Balaban J connectivity index is 0.00000312. The number of nitrogens with zero attached hydrogens (tertiary/aromatic N) is 2. The molecule has 25 heavy (non-hydrogen) atoms. The van der Waals surface area contributed by atoms with Gasteiger partial charge in [-0.05, 0) is 39.5 Å². The number of aromatic nitrogens is 1. The number of aryl methyl sites for hydroxylation is 1. The highest BCUT2D eigenvalue weighted by atomic mass is 127. The van der Waals surface area contributed by atoms with Crippen molar-refractivity contribution in [3.8, 4) is 0 Å². The molecule has 0 radical (unpaired) electrons. The Bertz CT molecular complexity index is 587. The zero-order chi connectivity index (χ0) is 17.5. The van der Waals surface area contributed by atoms with Gasteiger partial charge in [0, 0.05) is 13.6 Å². The maximum Gasteiger partial charge on any atom is 0.350 e. The maximum atomic E-state index is 11.9. The molecule has 0 aliphatic heterocycles. The van der Waals surface area contributed by atoms with E-state index in [0.29, 0.717) is 11.5 Å². The fourth-order valence-electron chi connectivity index (χ4n) is 2.45. The third-order valence-corrected chi connectivity index (χ3v) is 5.32. The molecule has 1 aliphatic carbocycles. The number of ether oxygens (including phenoxy) is 1. The van der Waals surface area contributed by atoms with E-state index in [-0.39, 0.29) is 36.0 Å². The largest absolute Gasteiger partial charge is 0.462 e. The van der Waals surface area contributed by atoms with Gasteiger partial charge in [-0.1, -0.05) is 12.8 Å². The first kappa shape index (κ1) is 22.1. The van der Waals surface area contributed by atoms with E-state index in [0.717, 1.165) is 29.1 Å². The van der Waals surface area contributed by atoms with Gasteiger partial charge in [-0.15, -0.1) is 35.3 Å². The summed E-state index contributed by atoms with van der Waals surface area (Å²) in [5.41, 5.74) is 0.717. The lowest BCUT2D eigenvalue weighted by Crippen LogP contribution is -2.39. The molecule has 6 nitrogen and oxygen atoms in total. The van der Waals surface area contributed by atoms with Crippen molar-refractivity contribution in [2.45, 2.75) is 52.5 Å². The summed E-state index contributed by atoms with van der Waals surface area (Å²) in [6, 6.07) is -0.0218. The molecule has 1 heterocycles. The van der Waals surface area contributed by atoms with Crippen molar-refractivity contribution in [3.05, 3.63) is 15.6 Å². The number of guanidine groups is 1. The minimum atomic E-state index is -0.298. The number of carbonyl (C=O) groups excluding carboxylic acids is 1. The third-order valence-electron chi connectivity index (χ3n) is 4.00. The smallest absolute Gasteiger partial charge is 0.350 e. The van der Waals surface area contributed by atoms with Crippen LogP contribution in [0.25, 0.3) is 0 Å². The Hall–Kier alpha value is -0.900.